The summed E-state index contributed by atoms with van der Waals surface area (Å²) in [5.74, 6) is 0. The van der Waals surface area contributed by atoms with E-state index < -0.39 is 0 Å². The largest absolute Gasteiger partial charge is 0.329 e. The van der Waals surface area contributed by atoms with Crippen LogP contribution in [-0.2, 0) is 6.42 Å². The number of hydrogen-bond acceptors (Lipinski definition) is 1. The lowest BCUT2D eigenvalue weighted by Gasteiger charge is -2.00. The average molecular weight is 193 g/mol. The van der Waals surface area contributed by atoms with Gasteiger partial charge in [0, 0.05) is 12.3 Å². The SMILES string of the molecule is CCCCCCCc1ccc(=O)[nH]c1. The molecular formula is C12H19NO. The molecule has 0 aromatic carbocycles. The molecule has 0 fully saturated rings. The van der Waals surface area contributed by atoms with Gasteiger partial charge in [0.25, 0.3) is 0 Å². The van der Waals surface area contributed by atoms with Gasteiger partial charge in [0.2, 0.25) is 5.56 Å². The van der Waals surface area contributed by atoms with E-state index in [1.54, 1.807) is 6.07 Å². The van der Waals surface area contributed by atoms with Crippen LogP contribution in [0, 0.1) is 0 Å². The molecule has 0 aliphatic heterocycles. The first-order chi connectivity index (χ1) is 6.83. The molecule has 0 amide bonds. The Kier molecular flexibility index (Phi) is 5.05. The molecule has 2 nitrogen and oxygen atoms in total. The molecule has 0 aliphatic rings. The van der Waals surface area contributed by atoms with E-state index in [2.05, 4.69) is 11.9 Å². The minimum atomic E-state index is -0.0141. The summed E-state index contributed by atoms with van der Waals surface area (Å²) in [6.07, 6.45) is 9.39. The van der Waals surface area contributed by atoms with Crippen LogP contribution in [0.25, 0.3) is 0 Å². The summed E-state index contributed by atoms with van der Waals surface area (Å²) >= 11 is 0. The van der Waals surface area contributed by atoms with Crippen LogP contribution in [-0.4, -0.2) is 4.98 Å². The standard InChI is InChI=1S/C12H19NO/c1-2-3-4-5-6-7-11-8-9-12(14)13-10-11/h8-10H,2-7H2,1H3,(H,13,14). The maximum absolute atomic E-state index is 10.8. The summed E-state index contributed by atoms with van der Waals surface area (Å²) in [6, 6.07) is 3.51. The molecule has 0 saturated heterocycles. The highest BCUT2D eigenvalue weighted by molar-refractivity contribution is 5.08. The number of hydrogen-bond donors (Lipinski definition) is 1. The lowest BCUT2D eigenvalue weighted by Crippen LogP contribution is -2.02. The Labute approximate surface area is 85.4 Å². The van der Waals surface area contributed by atoms with Crippen molar-refractivity contribution in [2.24, 2.45) is 0 Å². The van der Waals surface area contributed by atoms with Crippen LogP contribution >= 0.6 is 0 Å². The smallest absolute Gasteiger partial charge is 0.247 e. The van der Waals surface area contributed by atoms with Gasteiger partial charge in [0.15, 0.2) is 0 Å². The van der Waals surface area contributed by atoms with E-state index in [-0.39, 0.29) is 5.56 Å². The van der Waals surface area contributed by atoms with Crippen molar-refractivity contribution in [3.05, 3.63) is 34.2 Å². The van der Waals surface area contributed by atoms with Gasteiger partial charge in [-0.3, -0.25) is 4.79 Å². The number of nitrogens with one attached hydrogen (secondary N) is 1. The first-order valence-electron chi connectivity index (χ1n) is 5.50. The van der Waals surface area contributed by atoms with E-state index in [1.807, 2.05) is 12.3 Å². The van der Waals surface area contributed by atoms with Gasteiger partial charge >= 0.3 is 0 Å². The highest BCUT2D eigenvalue weighted by atomic mass is 16.1. The van der Waals surface area contributed by atoms with Crippen LogP contribution in [0.1, 0.15) is 44.6 Å². The van der Waals surface area contributed by atoms with Gasteiger partial charge in [-0.25, -0.2) is 0 Å². The Morgan fingerprint density at radius 1 is 1.14 bits per heavy atom. The molecule has 1 N–H and O–H groups in total. The fourth-order valence-corrected chi connectivity index (χ4v) is 1.53. The topological polar surface area (TPSA) is 32.9 Å². The molecule has 0 aliphatic carbocycles. The second-order valence-corrected chi connectivity index (χ2v) is 3.73. The third-order valence-electron chi connectivity index (χ3n) is 2.42. The quantitative estimate of drug-likeness (QED) is 0.692. The number of H-pyrrole nitrogens is 1. The third-order valence-corrected chi connectivity index (χ3v) is 2.42. The van der Waals surface area contributed by atoms with Crippen molar-refractivity contribution in [1.82, 2.24) is 4.98 Å². The van der Waals surface area contributed by atoms with Gasteiger partial charge < -0.3 is 4.98 Å². The Morgan fingerprint density at radius 3 is 2.57 bits per heavy atom. The summed E-state index contributed by atoms with van der Waals surface area (Å²) in [5.41, 5.74) is 1.22. The number of unbranched alkanes of at least 4 members (excludes halogenated alkanes) is 4. The first kappa shape index (κ1) is 11.0. The molecule has 78 valence electrons. The van der Waals surface area contributed by atoms with Crippen LogP contribution in [0.5, 0.6) is 0 Å². The predicted molar refractivity (Wildman–Crippen MR) is 59.5 cm³/mol. The van der Waals surface area contributed by atoms with Gasteiger partial charge in [-0.2, -0.15) is 0 Å². The fraction of sp³-hybridized carbons (Fsp3) is 0.583. The number of aryl methyl sites for hydroxylation is 1. The highest BCUT2D eigenvalue weighted by Crippen LogP contribution is 2.06. The average Bonchev–Trinajstić information content (AvgIpc) is 2.21. The fourth-order valence-electron chi connectivity index (χ4n) is 1.53. The molecule has 0 atom stereocenters. The molecule has 1 aromatic rings. The van der Waals surface area contributed by atoms with E-state index in [4.69, 9.17) is 0 Å². The Hall–Kier alpha value is -1.05. The van der Waals surface area contributed by atoms with Crippen molar-refractivity contribution < 1.29 is 0 Å². The van der Waals surface area contributed by atoms with Gasteiger partial charge in [-0.05, 0) is 18.4 Å². The maximum Gasteiger partial charge on any atom is 0.247 e. The normalized spacial score (nSPS) is 10.4. The monoisotopic (exact) mass is 193 g/mol. The summed E-state index contributed by atoms with van der Waals surface area (Å²) in [6.45, 7) is 2.22. The third kappa shape index (κ3) is 4.26. The van der Waals surface area contributed by atoms with Crippen molar-refractivity contribution in [3.8, 4) is 0 Å². The maximum atomic E-state index is 10.8. The Morgan fingerprint density at radius 2 is 1.93 bits per heavy atom. The lowest BCUT2D eigenvalue weighted by molar-refractivity contribution is 0.631. The van der Waals surface area contributed by atoms with E-state index in [0.29, 0.717) is 0 Å². The van der Waals surface area contributed by atoms with Crippen molar-refractivity contribution in [1.29, 1.82) is 0 Å². The van der Waals surface area contributed by atoms with Gasteiger partial charge in [-0.15, -0.1) is 0 Å². The number of aromatic amines is 1. The second kappa shape index (κ2) is 6.41. The molecule has 0 spiro atoms. The van der Waals surface area contributed by atoms with Crippen LogP contribution in [0.15, 0.2) is 23.1 Å². The zero-order valence-corrected chi connectivity index (χ0v) is 8.88. The first-order valence-corrected chi connectivity index (χ1v) is 5.50. The van der Waals surface area contributed by atoms with Gasteiger partial charge in [0.05, 0.1) is 0 Å². The number of pyridine rings is 1. The van der Waals surface area contributed by atoms with E-state index in [9.17, 15) is 4.79 Å². The zero-order valence-electron chi connectivity index (χ0n) is 8.88. The Balaban J connectivity index is 2.18. The summed E-state index contributed by atoms with van der Waals surface area (Å²) in [5, 5.41) is 0. The minimum absolute atomic E-state index is 0.0141. The van der Waals surface area contributed by atoms with Crippen molar-refractivity contribution >= 4 is 0 Å². The zero-order chi connectivity index (χ0) is 10.2. The van der Waals surface area contributed by atoms with Gasteiger partial charge in [0.1, 0.15) is 0 Å². The summed E-state index contributed by atoms with van der Waals surface area (Å²) in [7, 11) is 0. The van der Waals surface area contributed by atoms with Crippen LogP contribution < -0.4 is 5.56 Å². The number of aromatic nitrogens is 1. The molecular weight excluding hydrogens is 174 g/mol. The van der Waals surface area contributed by atoms with E-state index in [1.165, 1.54) is 37.7 Å². The molecule has 0 bridgehead atoms. The van der Waals surface area contributed by atoms with Crippen molar-refractivity contribution in [2.75, 3.05) is 0 Å². The molecule has 0 saturated carbocycles. The van der Waals surface area contributed by atoms with Crippen LogP contribution in [0.4, 0.5) is 0 Å². The van der Waals surface area contributed by atoms with E-state index >= 15 is 0 Å². The minimum Gasteiger partial charge on any atom is -0.329 e. The molecule has 1 rings (SSSR count). The molecule has 14 heavy (non-hydrogen) atoms. The van der Waals surface area contributed by atoms with Crippen LogP contribution in [0.2, 0.25) is 0 Å². The Bertz CT molecular complexity index is 283. The van der Waals surface area contributed by atoms with Gasteiger partial charge in [-0.1, -0.05) is 38.7 Å². The summed E-state index contributed by atoms with van der Waals surface area (Å²) < 4.78 is 0. The van der Waals surface area contributed by atoms with E-state index in [0.717, 1.165) is 6.42 Å². The molecule has 1 aromatic heterocycles. The van der Waals surface area contributed by atoms with Crippen molar-refractivity contribution in [3.63, 3.8) is 0 Å². The number of rotatable bonds is 6. The molecule has 2 heteroatoms. The predicted octanol–water partition coefficient (Wildman–Crippen LogP) is 2.89. The molecule has 0 unspecified atom stereocenters. The summed E-state index contributed by atoms with van der Waals surface area (Å²) in [4.78, 5) is 13.5. The van der Waals surface area contributed by atoms with Crippen molar-refractivity contribution in [2.45, 2.75) is 45.4 Å². The lowest BCUT2D eigenvalue weighted by atomic mass is 10.1. The molecule has 0 radical (unpaired) electrons. The molecule has 1 heterocycles. The van der Waals surface area contributed by atoms with Crippen LogP contribution in [0.3, 0.4) is 0 Å². The second-order valence-electron chi connectivity index (χ2n) is 3.73. The highest BCUT2D eigenvalue weighted by Gasteiger charge is 1.93.